The van der Waals surface area contributed by atoms with E-state index in [1.54, 1.807) is 17.0 Å². The molecule has 2 aromatic heterocycles. The first kappa shape index (κ1) is 18.3. The monoisotopic (exact) mass is 397 g/mol. The predicted molar refractivity (Wildman–Crippen MR) is 104 cm³/mol. The Kier molecular flexibility index (Phi) is 5.68. The van der Waals surface area contributed by atoms with Gasteiger partial charge in [0, 0.05) is 18.0 Å². The largest absolute Gasteiger partial charge is 0.308 e. The van der Waals surface area contributed by atoms with Gasteiger partial charge in [0.25, 0.3) is 0 Å². The van der Waals surface area contributed by atoms with E-state index in [2.05, 4.69) is 4.98 Å². The van der Waals surface area contributed by atoms with E-state index in [-0.39, 0.29) is 18.1 Å². The van der Waals surface area contributed by atoms with E-state index >= 15 is 0 Å². The number of benzene rings is 1. The van der Waals surface area contributed by atoms with Gasteiger partial charge in [-0.2, -0.15) is 0 Å². The summed E-state index contributed by atoms with van der Waals surface area (Å²) < 4.78 is 14.8. The molecule has 2 heterocycles. The van der Waals surface area contributed by atoms with Crippen molar-refractivity contribution >= 4 is 55.5 Å². The Hall–Kier alpha value is -1.54. The molecule has 8 heteroatoms. The average molecular weight is 398 g/mol. The summed E-state index contributed by atoms with van der Waals surface area (Å²) in [7, 11) is 3.91. The molecule has 1 aromatic carbocycles. The van der Waals surface area contributed by atoms with Crippen LogP contribution in [-0.4, -0.2) is 43.0 Å². The van der Waals surface area contributed by atoms with Crippen LogP contribution in [0.2, 0.25) is 4.34 Å². The Bertz CT molecular complexity index is 893. The Morgan fingerprint density at radius 3 is 2.68 bits per heavy atom. The van der Waals surface area contributed by atoms with E-state index in [0.29, 0.717) is 28.1 Å². The third-order valence-electron chi connectivity index (χ3n) is 3.60. The average Bonchev–Trinajstić information content (AvgIpc) is 3.12. The molecular weight excluding hydrogens is 381 g/mol. The van der Waals surface area contributed by atoms with Gasteiger partial charge in [0.05, 0.1) is 21.0 Å². The number of aromatic nitrogens is 1. The smallest absolute Gasteiger partial charge is 0.234 e. The molecule has 1 amide bonds. The number of amides is 1. The molecule has 0 radical (unpaired) electrons. The zero-order valence-electron chi connectivity index (χ0n) is 13.8. The maximum Gasteiger partial charge on any atom is 0.234 e. The summed E-state index contributed by atoms with van der Waals surface area (Å²) >= 11 is 8.68. The molecule has 3 rings (SSSR count). The summed E-state index contributed by atoms with van der Waals surface area (Å²) in [4.78, 5) is 22.0. The van der Waals surface area contributed by atoms with Gasteiger partial charge in [0.15, 0.2) is 5.13 Å². The molecule has 0 N–H and O–H groups in total. The van der Waals surface area contributed by atoms with E-state index < -0.39 is 0 Å². The van der Waals surface area contributed by atoms with Gasteiger partial charge in [-0.1, -0.05) is 22.9 Å². The Labute approximate surface area is 158 Å². The normalized spacial score (nSPS) is 11.4. The number of halogens is 2. The highest BCUT2D eigenvalue weighted by atomic mass is 35.5. The molecule has 4 nitrogen and oxygen atoms in total. The first-order valence-electron chi connectivity index (χ1n) is 7.68. The second-order valence-electron chi connectivity index (χ2n) is 5.84. The highest BCUT2D eigenvalue weighted by Gasteiger charge is 2.21. The molecule has 0 fully saturated rings. The van der Waals surface area contributed by atoms with E-state index in [1.807, 2.05) is 25.1 Å². The van der Waals surface area contributed by atoms with Gasteiger partial charge in [0.2, 0.25) is 5.91 Å². The van der Waals surface area contributed by atoms with Gasteiger partial charge in [-0.25, -0.2) is 9.37 Å². The molecule has 0 spiro atoms. The van der Waals surface area contributed by atoms with Crippen molar-refractivity contribution in [1.29, 1.82) is 0 Å². The maximum atomic E-state index is 13.4. The lowest BCUT2D eigenvalue weighted by Gasteiger charge is -2.21. The quantitative estimate of drug-likeness (QED) is 0.622. The van der Waals surface area contributed by atoms with Crippen LogP contribution in [-0.2, 0) is 11.2 Å². The fourth-order valence-corrected chi connectivity index (χ4v) is 4.43. The Morgan fingerprint density at radius 1 is 1.20 bits per heavy atom. The Balaban J connectivity index is 1.87. The van der Waals surface area contributed by atoms with Crippen molar-refractivity contribution in [3.63, 3.8) is 0 Å². The van der Waals surface area contributed by atoms with Crippen LogP contribution in [0.25, 0.3) is 10.2 Å². The lowest BCUT2D eigenvalue weighted by atomic mass is 10.3. The summed E-state index contributed by atoms with van der Waals surface area (Å²) in [6.07, 6.45) is 0.273. The number of hydrogen-bond donors (Lipinski definition) is 0. The number of fused-ring (bicyclic) bond motifs is 1. The predicted octanol–water partition coefficient (Wildman–Crippen LogP) is 4.29. The van der Waals surface area contributed by atoms with Gasteiger partial charge in [-0.05, 0) is 44.4 Å². The lowest BCUT2D eigenvalue weighted by molar-refractivity contribution is -0.118. The second-order valence-corrected chi connectivity index (χ2v) is 8.65. The number of nitrogens with zero attached hydrogens (tertiary/aromatic N) is 3. The molecule has 3 aromatic rings. The standard InChI is InChI=1S/C17H17ClFN3OS2/c1-21(2)7-8-22(16(23)10-12-4-6-15(18)24-12)17-20-13-5-3-11(19)9-14(13)25-17/h3-6,9H,7-8,10H2,1-2H3. The molecule has 0 saturated carbocycles. The molecule has 132 valence electrons. The van der Waals surface area contributed by atoms with Gasteiger partial charge in [0.1, 0.15) is 5.82 Å². The summed E-state index contributed by atoms with van der Waals surface area (Å²) in [6, 6.07) is 8.12. The number of thiophene rings is 1. The van der Waals surface area contributed by atoms with Crippen LogP contribution in [0.1, 0.15) is 4.88 Å². The van der Waals surface area contributed by atoms with Crippen LogP contribution in [0.15, 0.2) is 30.3 Å². The van der Waals surface area contributed by atoms with Crippen molar-refractivity contribution in [1.82, 2.24) is 9.88 Å². The number of carbonyl (C=O) groups excluding carboxylic acids is 1. The first-order chi connectivity index (χ1) is 11.9. The molecule has 0 saturated heterocycles. The number of thiazole rings is 1. The van der Waals surface area contributed by atoms with E-state index in [9.17, 15) is 9.18 Å². The molecule has 0 aliphatic rings. The van der Waals surface area contributed by atoms with Crippen molar-refractivity contribution in [3.8, 4) is 0 Å². The van der Waals surface area contributed by atoms with Crippen LogP contribution < -0.4 is 4.90 Å². The highest BCUT2D eigenvalue weighted by molar-refractivity contribution is 7.22. The van der Waals surface area contributed by atoms with Crippen molar-refractivity contribution in [2.24, 2.45) is 0 Å². The van der Waals surface area contributed by atoms with Crippen molar-refractivity contribution < 1.29 is 9.18 Å². The third-order valence-corrected chi connectivity index (χ3v) is 5.87. The van der Waals surface area contributed by atoms with E-state index in [4.69, 9.17) is 11.6 Å². The third kappa shape index (κ3) is 4.55. The van der Waals surface area contributed by atoms with Crippen molar-refractivity contribution in [2.45, 2.75) is 6.42 Å². The molecule has 0 aliphatic heterocycles. The van der Waals surface area contributed by atoms with Crippen LogP contribution in [0.3, 0.4) is 0 Å². The van der Waals surface area contributed by atoms with E-state index in [1.165, 1.54) is 34.8 Å². The topological polar surface area (TPSA) is 36.4 Å². The molecular formula is C17H17ClFN3OS2. The summed E-state index contributed by atoms with van der Waals surface area (Å²) in [5, 5.41) is 0.593. The minimum atomic E-state index is -0.304. The number of likely N-dealkylation sites (N-methyl/N-ethyl adjacent to an activating group) is 1. The molecule has 0 atom stereocenters. The fourth-order valence-electron chi connectivity index (χ4n) is 2.32. The SMILES string of the molecule is CN(C)CCN(C(=O)Cc1ccc(Cl)s1)c1nc2ccc(F)cc2s1. The van der Waals surface area contributed by atoms with Crippen LogP contribution in [0.5, 0.6) is 0 Å². The van der Waals surface area contributed by atoms with Crippen LogP contribution in [0, 0.1) is 5.82 Å². The highest BCUT2D eigenvalue weighted by Crippen LogP contribution is 2.30. The number of carbonyl (C=O) groups is 1. The van der Waals surface area contributed by atoms with Crippen molar-refractivity contribution in [2.75, 3.05) is 32.1 Å². The summed E-state index contributed by atoms with van der Waals surface area (Å²) in [5.74, 6) is -0.345. The lowest BCUT2D eigenvalue weighted by Crippen LogP contribution is -2.37. The molecule has 0 unspecified atom stereocenters. The van der Waals surface area contributed by atoms with Gasteiger partial charge < -0.3 is 4.90 Å². The molecule has 0 aliphatic carbocycles. The van der Waals surface area contributed by atoms with Gasteiger partial charge >= 0.3 is 0 Å². The Morgan fingerprint density at radius 2 is 2.00 bits per heavy atom. The first-order valence-corrected chi connectivity index (χ1v) is 9.69. The van der Waals surface area contributed by atoms with Gasteiger partial charge in [-0.3, -0.25) is 9.69 Å². The number of hydrogen-bond acceptors (Lipinski definition) is 5. The fraction of sp³-hybridized carbons (Fsp3) is 0.294. The summed E-state index contributed by atoms with van der Waals surface area (Å²) in [5.41, 5.74) is 0.697. The van der Waals surface area contributed by atoms with Crippen LogP contribution >= 0.6 is 34.3 Å². The summed E-state index contributed by atoms with van der Waals surface area (Å²) in [6.45, 7) is 1.23. The van der Waals surface area contributed by atoms with E-state index in [0.717, 1.165) is 9.58 Å². The van der Waals surface area contributed by atoms with Crippen LogP contribution in [0.4, 0.5) is 9.52 Å². The zero-order valence-corrected chi connectivity index (χ0v) is 16.2. The molecule has 0 bridgehead atoms. The maximum absolute atomic E-state index is 13.4. The number of rotatable bonds is 6. The van der Waals surface area contributed by atoms with Gasteiger partial charge in [-0.15, -0.1) is 11.3 Å². The second kappa shape index (κ2) is 7.78. The minimum absolute atomic E-state index is 0.0418. The zero-order chi connectivity index (χ0) is 18.0. The number of anilines is 1. The molecule has 25 heavy (non-hydrogen) atoms. The minimum Gasteiger partial charge on any atom is -0.308 e. The van der Waals surface area contributed by atoms with Crippen molar-refractivity contribution in [3.05, 3.63) is 45.4 Å².